The summed E-state index contributed by atoms with van der Waals surface area (Å²) in [6.07, 6.45) is 0. The summed E-state index contributed by atoms with van der Waals surface area (Å²) >= 11 is 5.37. The zero-order chi connectivity index (χ0) is 9.14. The van der Waals surface area contributed by atoms with Crippen LogP contribution in [0, 0.1) is 5.82 Å². The molecule has 12 heavy (non-hydrogen) atoms. The molecule has 0 aliphatic rings. The van der Waals surface area contributed by atoms with E-state index in [9.17, 15) is 13.2 Å². The molecule has 0 fully saturated rings. The van der Waals surface area contributed by atoms with Crippen molar-refractivity contribution < 1.29 is 17.9 Å². The van der Waals surface area contributed by atoms with Crippen molar-refractivity contribution >= 4 is 11.6 Å². The summed E-state index contributed by atoms with van der Waals surface area (Å²) in [4.78, 5) is 0. The minimum Gasteiger partial charge on any atom is -0.432 e. The van der Waals surface area contributed by atoms with Gasteiger partial charge in [-0.25, -0.2) is 4.39 Å². The fourth-order valence-corrected chi connectivity index (χ4v) is 0.826. The summed E-state index contributed by atoms with van der Waals surface area (Å²) in [5.74, 6) is -1.41. The van der Waals surface area contributed by atoms with E-state index in [4.69, 9.17) is 11.6 Å². The van der Waals surface area contributed by atoms with Gasteiger partial charge in [0.1, 0.15) is 0 Å². The van der Waals surface area contributed by atoms with Crippen LogP contribution in [-0.2, 0) is 0 Å². The molecule has 0 heterocycles. The number of ether oxygens (including phenoxy) is 1. The van der Waals surface area contributed by atoms with Crippen LogP contribution in [0.25, 0.3) is 0 Å². The number of hydrogen-bond donors (Lipinski definition) is 0. The van der Waals surface area contributed by atoms with Gasteiger partial charge in [0, 0.05) is 5.02 Å². The highest BCUT2D eigenvalue weighted by atomic mass is 35.5. The number of alkyl halides is 2. The zero-order valence-corrected chi connectivity index (χ0v) is 6.49. The van der Waals surface area contributed by atoms with Crippen molar-refractivity contribution in [1.29, 1.82) is 0 Å². The highest BCUT2D eigenvalue weighted by Crippen LogP contribution is 2.22. The molecule has 0 N–H and O–H groups in total. The average molecular weight is 197 g/mol. The predicted molar refractivity (Wildman–Crippen MR) is 38.0 cm³/mol. The van der Waals surface area contributed by atoms with E-state index in [0.717, 1.165) is 12.1 Å². The first-order chi connectivity index (χ1) is 5.59. The number of halogens is 4. The normalized spacial score (nSPS) is 10.4. The van der Waals surface area contributed by atoms with Gasteiger partial charge in [-0.05, 0) is 18.2 Å². The molecule has 0 aromatic heterocycles. The lowest BCUT2D eigenvalue weighted by Crippen LogP contribution is -2.03. The Kier molecular flexibility index (Phi) is 2.81. The monoisotopic (exact) mass is 196 g/mol. The molecule has 0 saturated heterocycles. The van der Waals surface area contributed by atoms with Crippen LogP contribution in [0.2, 0.25) is 5.02 Å². The molecule has 1 nitrogen and oxygen atoms in total. The minimum atomic E-state index is -3.03. The summed E-state index contributed by atoms with van der Waals surface area (Å²) in [6.45, 7) is -3.03. The Morgan fingerprint density at radius 2 is 2.00 bits per heavy atom. The molecule has 0 aliphatic carbocycles. The van der Waals surface area contributed by atoms with Crippen LogP contribution in [0.5, 0.6) is 5.75 Å². The summed E-state index contributed by atoms with van der Waals surface area (Å²) in [7, 11) is 0. The van der Waals surface area contributed by atoms with Gasteiger partial charge in [-0.2, -0.15) is 8.78 Å². The van der Waals surface area contributed by atoms with Gasteiger partial charge in [0.2, 0.25) is 0 Å². The van der Waals surface area contributed by atoms with Gasteiger partial charge in [0.15, 0.2) is 11.6 Å². The van der Waals surface area contributed by atoms with Crippen molar-refractivity contribution in [2.24, 2.45) is 0 Å². The summed E-state index contributed by atoms with van der Waals surface area (Å²) in [6, 6.07) is 3.21. The van der Waals surface area contributed by atoms with E-state index in [2.05, 4.69) is 4.74 Å². The van der Waals surface area contributed by atoms with Crippen molar-refractivity contribution in [3.8, 4) is 5.75 Å². The molecule has 0 bridgehead atoms. The molecule has 0 aliphatic heterocycles. The lowest BCUT2D eigenvalue weighted by Gasteiger charge is -2.04. The van der Waals surface area contributed by atoms with E-state index < -0.39 is 18.2 Å². The van der Waals surface area contributed by atoms with Gasteiger partial charge in [-0.3, -0.25) is 0 Å². The maximum absolute atomic E-state index is 12.7. The third-order valence-corrected chi connectivity index (χ3v) is 1.35. The van der Waals surface area contributed by atoms with E-state index >= 15 is 0 Å². The van der Waals surface area contributed by atoms with Crippen molar-refractivity contribution in [3.05, 3.63) is 29.0 Å². The molecule has 1 aromatic rings. The molecule has 1 aromatic carbocycles. The lowest BCUT2D eigenvalue weighted by atomic mass is 10.3. The van der Waals surface area contributed by atoms with E-state index in [-0.39, 0.29) is 5.02 Å². The molecule has 0 radical (unpaired) electrons. The predicted octanol–water partition coefficient (Wildman–Crippen LogP) is 3.08. The number of benzene rings is 1. The highest BCUT2D eigenvalue weighted by Gasteiger charge is 2.09. The first-order valence-electron chi connectivity index (χ1n) is 2.99. The van der Waals surface area contributed by atoms with E-state index in [1.807, 2.05) is 0 Å². The van der Waals surface area contributed by atoms with Crippen molar-refractivity contribution in [2.75, 3.05) is 0 Å². The summed E-state index contributed by atoms with van der Waals surface area (Å²) in [5.41, 5.74) is 0. The molecule has 1 rings (SSSR count). The van der Waals surface area contributed by atoms with Crippen LogP contribution in [0.15, 0.2) is 18.2 Å². The van der Waals surface area contributed by atoms with Gasteiger partial charge in [0.25, 0.3) is 0 Å². The maximum atomic E-state index is 12.7. The first kappa shape index (κ1) is 9.19. The third kappa shape index (κ3) is 2.30. The van der Waals surface area contributed by atoms with Crippen LogP contribution in [0.1, 0.15) is 0 Å². The quantitative estimate of drug-likeness (QED) is 0.706. The molecule has 0 amide bonds. The van der Waals surface area contributed by atoms with Crippen LogP contribution in [-0.4, -0.2) is 6.61 Å². The van der Waals surface area contributed by atoms with Gasteiger partial charge in [-0.1, -0.05) is 11.6 Å². The Morgan fingerprint density at radius 3 is 2.50 bits per heavy atom. The molecule has 5 heteroatoms. The van der Waals surface area contributed by atoms with Crippen molar-refractivity contribution in [2.45, 2.75) is 6.61 Å². The minimum absolute atomic E-state index is 0.133. The Morgan fingerprint density at radius 1 is 1.33 bits per heavy atom. The van der Waals surface area contributed by atoms with Gasteiger partial charge >= 0.3 is 6.61 Å². The highest BCUT2D eigenvalue weighted by molar-refractivity contribution is 6.30. The van der Waals surface area contributed by atoms with Crippen molar-refractivity contribution in [3.63, 3.8) is 0 Å². The maximum Gasteiger partial charge on any atom is 0.387 e. The SMILES string of the molecule is Fc1cc(Cl)ccc1OC(F)F. The zero-order valence-electron chi connectivity index (χ0n) is 5.73. The van der Waals surface area contributed by atoms with E-state index in [0.29, 0.717) is 0 Å². The molecule has 0 unspecified atom stereocenters. The topological polar surface area (TPSA) is 9.23 Å². The van der Waals surface area contributed by atoms with Crippen LogP contribution >= 0.6 is 11.6 Å². The Labute approximate surface area is 71.7 Å². The van der Waals surface area contributed by atoms with E-state index in [1.54, 1.807) is 0 Å². The fourth-order valence-electron chi connectivity index (χ4n) is 0.667. The smallest absolute Gasteiger partial charge is 0.387 e. The summed E-state index contributed by atoms with van der Waals surface area (Å²) in [5, 5.41) is 0.133. The average Bonchev–Trinajstić information content (AvgIpc) is 1.94. The molecular formula is C7H4ClF3O. The van der Waals surface area contributed by atoms with Gasteiger partial charge in [0.05, 0.1) is 0 Å². The second-order valence-corrected chi connectivity index (χ2v) is 2.39. The van der Waals surface area contributed by atoms with Gasteiger partial charge in [-0.15, -0.1) is 0 Å². The van der Waals surface area contributed by atoms with Crippen LogP contribution < -0.4 is 4.74 Å². The van der Waals surface area contributed by atoms with Crippen molar-refractivity contribution in [1.82, 2.24) is 0 Å². The third-order valence-electron chi connectivity index (χ3n) is 1.11. The second-order valence-electron chi connectivity index (χ2n) is 1.95. The molecule has 0 atom stereocenters. The standard InChI is InChI=1S/C7H4ClF3O/c8-4-1-2-6(5(9)3-4)12-7(10)11/h1-3,7H. The second kappa shape index (κ2) is 3.67. The van der Waals surface area contributed by atoms with Crippen LogP contribution in [0.4, 0.5) is 13.2 Å². The Balaban J connectivity index is 2.86. The fraction of sp³-hybridized carbons (Fsp3) is 0.143. The van der Waals surface area contributed by atoms with Gasteiger partial charge < -0.3 is 4.74 Å². The number of hydrogen-bond acceptors (Lipinski definition) is 1. The first-order valence-corrected chi connectivity index (χ1v) is 3.37. The summed E-state index contributed by atoms with van der Waals surface area (Å²) < 4.78 is 39.7. The largest absolute Gasteiger partial charge is 0.432 e. The molecule has 0 spiro atoms. The van der Waals surface area contributed by atoms with Crippen LogP contribution in [0.3, 0.4) is 0 Å². The molecule has 66 valence electrons. The lowest BCUT2D eigenvalue weighted by molar-refractivity contribution is -0.0521. The molecular weight excluding hydrogens is 193 g/mol. The van der Waals surface area contributed by atoms with E-state index in [1.165, 1.54) is 6.07 Å². The number of rotatable bonds is 2. The molecule has 0 saturated carbocycles. The Bertz CT molecular complexity index is 277. The Hall–Kier alpha value is -0.900.